The molecule has 1 amide bonds. The lowest BCUT2D eigenvalue weighted by molar-refractivity contribution is -0.144. The van der Waals surface area contributed by atoms with Gasteiger partial charge in [-0.05, 0) is 37.0 Å². The summed E-state index contributed by atoms with van der Waals surface area (Å²) < 4.78 is 0. The molecule has 1 fully saturated rings. The first-order valence-corrected chi connectivity index (χ1v) is 7.20. The summed E-state index contributed by atoms with van der Waals surface area (Å²) in [6.07, 6.45) is 2.33. The first kappa shape index (κ1) is 14.9. The molecule has 1 aromatic carbocycles. The van der Waals surface area contributed by atoms with Crippen molar-refractivity contribution in [3.8, 4) is 0 Å². The molecule has 5 heteroatoms. The zero-order valence-corrected chi connectivity index (χ0v) is 12.1. The predicted octanol–water partition coefficient (Wildman–Crippen LogP) is 3.06. The number of amides is 1. The monoisotopic (exact) mass is 295 g/mol. The lowest BCUT2D eigenvalue weighted by Crippen LogP contribution is -2.50. The molecule has 0 radical (unpaired) electrons. The minimum atomic E-state index is -0.932. The smallest absolute Gasteiger partial charge is 0.326 e. The first-order valence-electron chi connectivity index (χ1n) is 6.82. The zero-order chi connectivity index (χ0) is 14.7. The molecule has 0 saturated carbocycles. The molecule has 0 aromatic heterocycles. The van der Waals surface area contributed by atoms with Crippen LogP contribution in [0.3, 0.4) is 0 Å². The van der Waals surface area contributed by atoms with E-state index in [0.29, 0.717) is 29.5 Å². The van der Waals surface area contributed by atoms with Crippen molar-refractivity contribution in [3.63, 3.8) is 0 Å². The average Bonchev–Trinajstić information content (AvgIpc) is 2.45. The van der Waals surface area contributed by atoms with E-state index in [1.807, 2.05) is 0 Å². The molecule has 1 heterocycles. The maximum absolute atomic E-state index is 12.5. The molecule has 1 N–H and O–H groups in total. The van der Waals surface area contributed by atoms with Crippen LogP contribution in [0.25, 0.3) is 0 Å². The molecule has 1 aliphatic heterocycles. The van der Waals surface area contributed by atoms with E-state index in [1.54, 1.807) is 24.3 Å². The number of carboxylic acids is 1. The maximum Gasteiger partial charge on any atom is 0.326 e. The Kier molecular flexibility index (Phi) is 4.65. The molecule has 2 rings (SSSR count). The SMILES string of the molecule is CCC1CCN(C(=O)c2cccc(Cl)c2)C(C(=O)O)C1. The fraction of sp³-hybridized carbons (Fsp3) is 0.467. The van der Waals surface area contributed by atoms with Gasteiger partial charge in [0.05, 0.1) is 0 Å². The highest BCUT2D eigenvalue weighted by molar-refractivity contribution is 6.31. The number of carbonyl (C=O) groups is 2. The lowest BCUT2D eigenvalue weighted by atomic mass is 9.88. The van der Waals surface area contributed by atoms with Gasteiger partial charge in [-0.2, -0.15) is 0 Å². The van der Waals surface area contributed by atoms with Crippen LogP contribution >= 0.6 is 11.6 Å². The molecule has 0 spiro atoms. The summed E-state index contributed by atoms with van der Waals surface area (Å²) >= 11 is 5.89. The third-order valence-electron chi connectivity index (χ3n) is 3.91. The van der Waals surface area contributed by atoms with Crippen LogP contribution in [-0.4, -0.2) is 34.5 Å². The van der Waals surface area contributed by atoms with Crippen molar-refractivity contribution >= 4 is 23.5 Å². The number of nitrogens with zero attached hydrogens (tertiary/aromatic N) is 1. The topological polar surface area (TPSA) is 57.6 Å². The van der Waals surface area contributed by atoms with Crippen molar-refractivity contribution in [2.24, 2.45) is 5.92 Å². The van der Waals surface area contributed by atoms with Crippen molar-refractivity contribution in [3.05, 3.63) is 34.9 Å². The third-order valence-corrected chi connectivity index (χ3v) is 4.14. The standard InChI is InChI=1S/C15H18ClNO3/c1-2-10-6-7-17(13(8-10)15(19)20)14(18)11-4-3-5-12(16)9-11/h3-5,9-10,13H,2,6-8H2,1H3,(H,19,20). The van der Waals surface area contributed by atoms with Crippen LogP contribution in [0.5, 0.6) is 0 Å². The van der Waals surface area contributed by atoms with Crippen LogP contribution in [0.15, 0.2) is 24.3 Å². The highest BCUT2D eigenvalue weighted by atomic mass is 35.5. The second-order valence-corrected chi connectivity index (χ2v) is 5.60. The number of benzene rings is 1. The minimum absolute atomic E-state index is 0.255. The normalized spacial score (nSPS) is 22.6. The summed E-state index contributed by atoms with van der Waals surface area (Å²) in [6.45, 7) is 2.54. The van der Waals surface area contributed by atoms with Gasteiger partial charge in [0, 0.05) is 17.1 Å². The Morgan fingerprint density at radius 3 is 2.80 bits per heavy atom. The van der Waals surface area contributed by atoms with Crippen molar-refractivity contribution in [2.75, 3.05) is 6.54 Å². The van der Waals surface area contributed by atoms with Crippen LogP contribution in [0.1, 0.15) is 36.5 Å². The van der Waals surface area contributed by atoms with E-state index in [-0.39, 0.29) is 5.91 Å². The Balaban J connectivity index is 2.21. The summed E-state index contributed by atoms with van der Waals surface area (Å²) in [6, 6.07) is 5.90. The average molecular weight is 296 g/mol. The second kappa shape index (κ2) is 6.27. The molecule has 2 atom stereocenters. The Bertz CT molecular complexity index is 518. The molecule has 108 valence electrons. The van der Waals surface area contributed by atoms with E-state index in [9.17, 15) is 14.7 Å². The first-order chi connectivity index (χ1) is 9.52. The Morgan fingerprint density at radius 1 is 1.45 bits per heavy atom. The molecular formula is C15H18ClNO3. The maximum atomic E-state index is 12.5. The molecule has 2 unspecified atom stereocenters. The molecule has 0 bridgehead atoms. The summed E-state index contributed by atoms with van der Waals surface area (Å²) in [5, 5.41) is 9.83. The fourth-order valence-electron chi connectivity index (χ4n) is 2.67. The van der Waals surface area contributed by atoms with Crippen LogP contribution in [-0.2, 0) is 4.79 Å². The van der Waals surface area contributed by atoms with E-state index in [1.165, 1.54) is 4.90 Å². The quantitative estimate of drug-likeness (QED) is 0.932. The highest BCUT2D eigenvalue weighted by Gasteiger charge is 2.35. The van der Waals surface area contributed by atoms with Gasteiger partial charge >= 0.3 is 5.97 Å². The second-order valence-electron chi connectivity index (χ2n) is 5.16. The van der Waals surface area contributed by atoms with Crippen LogP contribution < -0.4 is 0 Å². The number of carbonyl (C=O) groups excluding carboxylic acids is 1. The number of likely N-dealkylation sites (tertiary alicyclic amines) is 1. The van der Waals surface area contributed by atoms with Gasteiger partial charge < -0.3 is 10.0 Å². The molecule has 20 heavy (non-hydrogen) atoms. The Labute approximate surface area is 123 Å². The van der Waals surface area contributed by atoms with Gasteiger partial charge in [0.2, 0.25) is 0 Å². The summed E-state index contributed by atoms with van der Waals surface area (Å²) in [4.78, 5) is 25.3. The van der Waals surface area contributed by atoms with E-state index >= 15 is 0 Å². The largest absolute Gasteiger partial charge is 0.480 e. The Morgan fingerprint density at radius 2 is 2.20 bits per heavy atom. The number of piperidine rings is 1. The third kappa shape index (κ3) is 3.12. The minimum Gasteiger partial charge on any atom is -0.480 e. The summed E-state index contributed by atoms with van der Waals surface area (Å²) in [7, 11) is 0. The van der Waals surface area contributed by atoms with Crippen LogP contribution in [0.4, 0.5) is 0 Å². The van der Waals surface area contributed by atoms with Gasteiger partial charge in [0.15, 0.2) is 0 Å². The molecular weight excluding hydrogens is 278 g/mol. The number of aliphatic carboxylic acids is 1. The fourth-order valence-corrected chi connectivity index (χ4v) is 2.86. The van der Waals surface area contributed by atoms with Crippen LogP contribution in [0, 0.1) is 5.92 Å². The predicted molar refractivity (Wildman–Crippen MR) is 76.9 cm³/mol. The molecule has 1 aliphatic rings. The summed E-state index contributed by atoms with van der Waals surface area (Å²) in [5.41, 5.74) is 0.443. The number of hydrogen-bond acceptors (Lipinski definition) is 2. The van der Waals surface area contributed by atoms with E-state index in [4.69, 9.17) is 11.6 Å². The summed E-state index contributed by atoms with van der Waals surface area (Å²) in [5.74, 6) is -0.813. The molecule has 1 aromatic rings. The molecule has 1 saturated heterocycles. The van der Waals surface area contributed by atoms with Gasteiger partial charge in [-0.1, -0.05) is 31.0 Å². The molecule has 0 aliphatic carbocycles. The van der Waals surface area contributed by atoms with Gasteiger partial charge in [0.1, 0.15) is 6.04 Å². The van der Waals surface area contributed by atoms with Crippen molar-refractivity contribution in [2.45, 2.75) is 32.2 Å². The van der Waals surface area contributed by atoms with Gasteiger partial charge in [-0.25, -0.2) is 4.79 Å². The van der Waals surface area contributed by atoms with Crippen molar-refractivity contribution in [1.29, 1.82) is 0 Å². The Hall–Kier alpha value is -1.55. The van der Waals surface area contributed by atoms with E-state index in [2.05, 4.69) is 6.92 Å². The van der Waals surface area contributed by atoms with Gasteiger partial charge in [-0.3, -0.25) is 4.79 Å². The number of rotatable bonds is 3. The van der Waals surface area contributed by atoms with Gasteiger partial charge in [0.25, 0.3) is 5.91 Å². The van der Waals surface area contributed by atoms with Crippen molar-refractivity contribution in [1.82, 2.24) is 4.90 Å². The van der Waals surface area contributed by atoms with Crippen molar-refractivity contribution < 1.29 is 14.7 Å². The lowest BCUT2D eigenvalue weighted by Gasteiger charge is -2.37. The zero-order valence-electron chi connectivity index (χ0n) is 11.4. The number of carboxylic acid groups (broad SMARTS) is 1. The highest BCUT2D eigenvalue weighted by Crippen LogP contribution is 2.27. The van der Waals surface area contributed by atoms with Crippen LogP contribution in [0.2, 0.25) is 5.02 Å². The van der Waals surface area contributed by atoms with Gasteiger partial charge in [-0.15, -0.1) is 0 Å². The van der Waals surface area contributed by atoms with E-state index < -0.39 is 12.0 Å². The number of halogens is 1. The number of hydrogen-bond donors (Lipinski definition) is 1. The van der Waals surface area contributed by atoms with E-state index in [0.717, 1.165) is 12.8 Å². The molecule has 4 nitrogen and oxygen atoms in total.